The molecule has 0 saturated carbocycles. The molecular formula is C15H22N2O3. The Labute approximate surface area is 119 Å². The zero-order valence-electron chi connectivity index (χ0n) is 12.1. The van der Waals surface area contributed by atoms with Crippen molar-refractivity contribution in [2.24, 2.45) is 5.73 Å². The van der Waals surface area contributed by atoms with E-state index in [0.29, 0.717) is 19.8 Å². The molecular weight excluding hydrogens is 256 g/mol. The number of amides is 1. The van der Waals surface area contributed by atoms with Crippen LogP contribution in [0.1, 0.15) is 11.1 Å². The highest BCUT2D eigenvalue weighted by Gasteiger charge is 2.22. The Morgan fingerprint density at radius 3 is 2.75 bits per heavy atom. The van der Waals surface area contributed by atoms with Gasteiger partial charge in [-0.25, -0.2) is 0 Å². The Kier molecular flexibility index (Phi) is 4.98. The molecule has 1 heterocycles. The fourth-order valence-electron chi connectivity index (χ4n) is 2.45. The lowest BCUT2D eigenvalue weighted by atomic mass is 10.1. The molecule has 0 bridgehead atoms. The number of nitrogens with two attached hydrogens (primary N) is 1. The number of primary amides is 1. The van der Waals surface area contributed by atoms with Gasteiger partial charge >= 0.3 is 0 Å². The van der Waals surface area contributed by atoms with Gasteiger partial charge in [-0.15, -0.1) is 0 Å². The number of carbonyl (C=O) groups excluding carboxylic acids is 1. The van der Waals surface area contributed by atoms with E-state index in [4.69, 9.17) is 15.2 Å². The Hall–Kier alpha value is -1.59. The van der Waals surface area contributed by atoms with E-state index in [0.717, 1.165) is 12.3 Å². The molecule has 110 valence electrons. The molecule has 1 saturated heterocycles. The van der Waals surface area contributed by atoms with Crippen molar-refractivity contribution in [3.05, 3.63) is 29.3 Å². The molecule has 2 rings (SSSR count). The average Bonchev–Trinajstić information content (AvgIpc) is 2.35. The summed E-state index contributed by atoms with van der Waals surface area (Å²) in [4.78, 5) is 12.9. The predicted octanol–water partition coefficient (Wildman–Crippen LogP) is 0.868. The van der Waals surface area contributed by atoms with Gasteiger partial charge in [-0.05, 0) is 37.1 Å². The van der Waals surface area contributed by atoms with Crippen molar-refractivity contribution in [3.8, 4) is 5.75 Å². The van der Waals surface area contributed by atoms with Crippen molar-refractivity contribution in [1.29, 1.82) is 0 Å². The molecule has 1 aliphatic heterocycles. The van der Waals surface area contributed by atoms with E-state index in [2.05, 4.69) is 6.07 Å². The van der Waals surface area contributed by atoms with E-state index in [1.807, 2.05) is 30.9 Å². The minimum atomic E-state index is -0.305. The summed E-state index contributed by atoms with van der Waals surface area (Å²) in [6.07, 6.45) is -0.0241. The van der Waals surface area contributed by atoms with Crippen LogP contribution >= 0.6 is 0 Å². The maximum atomic E-state index is 10.9. The van der Waals surface area contributed by atoms with Gasteiger partial charge in [-0.2, -0.15) is 0 Å². The van der Waals surface area contributed by atoms with Crippen LogP contribution in [0.5, 0.6) is 5.75 Å². The predicted molar refractivity (Wildman–Crippen MR) is 76.8 cm³/mol. The van der Waals surface area contributed by atoms with E-state index in [9.17, 15) is 4.79 Å². The van der Waals surface area contributed by atoms with E-state index in [-0.39, 0.29) is 18.6 Å². The summed E-state index contributed by atoms with van der Waals surface area (Å²) in [5, 5.41) is 0. The van der Waals surface area contributed by atoms with Gasteiger partial charge in [0, 0.05) is 13.1 Å². The molecule has 1 amide bonds. The summed E-state index contributed by atoms with van der Waals surface area (Å²) in [5.41, 5.74) is 7.58. The monoisotopic (exact) mass is 278 g/mol. The summed E-state index contributed by atoms with van der Waals surface area (Å²) in [7, 11) is 0. The molecule has 5 heteroatoms. The first-order chi connectivity index (χ1) is 9.52. The molecule has 0 aliphatic carbocycles. The fraction of sp³-hybridized carbons (Fsp3) is 0.533. The van der Waals surface area contributed by atoms with E-state index >= 15 is 0 Å². The van der Waals surface area contributed by atoms with Crippen LogP contribution in [0.2, 0.25) is 0 Å². The lowest BCUT2D eigenvalue weighted by molar-refractivity contribution is -0.121. The Bertz CT molecular complexity index is 456. The third-order valence-corrected chi connectivity index (χ3v) is 3.23. The van der Waals surface area contributed by atoms with Crippen LogP contribution < -0.4 is 10.5 Å². The van der Waals surface area contributed by atoms with Crippen LogP contribution in [-0.4, -0.2) is 49.8 Å². The molecule has 0 spiro atoms. The fourth-order valence-corrected chi connectivity index (χ4v) is 2.45. The number of benzene rings is 1. The number of aryl methyl sites for hydroxylation is 2. The lowest BCUT2D eigenvalue weighted by Gasteiger charge is -2.31. The molecule has 1 aliphatic rings. The standard InChI is InChI=1S/C15H22N2O3/c1-11-5-12(2)7-13(6-11)20-10-14-8-17(3-4-19-14)9-15(16)18/h5-7,14H,3-4,8-10H2,1-2H3,(H2,16,18). The molecule has 2 N–H and O–H groups in total. The second kappa shape index (κ2) is 6.72. The van der Waals surface area contributed by atoms with Crippen LogP contribution in [0.4, 0.5) is 0 Å². The van der Waals surface area contributed by atoms with Crippen molar-refractivity contribution in [2.45, 2.75) is 20.0 Å². The molecule has 1 aromatic rings. The van der Waals surface area contributed by atoms with Crippen molar-refractivity contribution in [2.75, 3.05) is 32.8 Å². The van der Waals surface area contributed by atoms with Gasteiger partial charge in [0.15, 0.2) is 0 Å². The summed E-state index contributed by atoms with van der Waals surface area (Å²) in [6, 6.07) is 6.13. The topological polar surface area (TPSA) is 64.8 Å². The number of ether oxygens (including phenoxy) is 2. The zero-order chi connectivity index (χ0) is 14.5. The third kappa shape index (κ3) is 4.51. The third-order valence-electron chi connectivity index (χ3n) is 3.23. The molecule has 1 atom stereocenters. The Morgan fingerprint density at radius 1 is 1.40 bits per heavy atom. The van der Waals surface area contributed by atoms with Gasteiger partial charge in [-0.1, -0.05) is 6.07 Å². The van der Waals surface area contributed by atoms with Crippen LogP contribution in [0, 0.1) is 13.8 Å². The van der Waals surface area contributed by atoms with Crippen molar-refractivity contribution in [1.82, 2.24) is 4.90 Å². The summed E-state index contributed by atoms with van der Waals surface area (Å²) >= 11 is 0. The van der Waals surface area contributed by atoms with Crippen LogP contribution in [0.15, 0.2) is 18.2 Å². The second-order valence-corrected chi connectivity index (χ2v) is 5.33. The normalized spacial score (nSPS) is 19.8. The summed E-state index contributed by atoms with van der Waals surface area (Å²) in [6.45, 7) is 6.88. The van der Waals surface area contributed by atoms with Gasteiger partial charge in [0.25, 0.3) is 0 Å². The van der Waals surface area contributed by atoms with Gasteiger partial charge in [0.05, 0.1) is 13.2 Å². The summed E-state index contributed by atoms with van der Waals surface area (Å²) in [5.74, 6) is 0.555. The van der Waals surface area contributed by atoms with Gasteiger partial charge in [0.1, 0.15) is 18.5 Å². The number of morpholine rings is 1. The van der Waals surface area contributed by atoms with Gasteiger partial charge in [-0.3, -0.25) is 9.69 Å². The Morgan fingerprint density at radius 2 is 2.10 bits per heavy atom. The number of nitrogens with zero attached hydrogens (tertiary/aromatic N) is 1. The molecule has 1 aromatic carbocycles. The number of carbonyl (C=O) groups is 1. The highest BCUT2D eigenvalue weighted by atomic mass is 16.5. The van der Waals surface area contributed by atoms with Crippen molar-refractivity contribution >= 4 is 5.91 Å². The maximum Gasteiger partial charge on any atom is 0.231 e. The smallest absolute Gasteiger partial charge is 0.231 e. The minimum Gasteiger partial charge on any atom is -0.491 e. The zero-order valence-corrected chi connectivity index (χ0v) is 12.1. The molecule has 0 radical (unpaired) electrons. The first-order valence-electron chi connectivity index (χ1n) is 6.86. The maximum absolute atomic E-state index is 10.9. The average molecular weight is 278 g/mol. The molecule has 0 aromatic heterocycles. The Balaban J connectivity index is 1.85. The van der Waals surface area contributed by atoms with Crippen molar-refractivity contribution in [3.63, 3.8) is 0 Å². The van der Waals surface area contributed by atoms with E-state index in [1.54, 1.807) is 0 Å². The first kappa shape index (κ1) is 14.8. The SMILES string of the molecule is Cc1cc(C)cc(OCC2CN(CC(N)=O)CCO2)c1. The lowest BCUT2D eigenvalue weighted by Crippen LogP contribution is -2.47. The van der Waals surface area contributed by atoms with Crippen LogP contribution in [0.25, 0.3) is 0 Å². The van der Waals surface area contributed by atoms with Crippen molar-refractivity contribution < 1.29 is 14.3 Å². The van der Waals surface area contributed by atoms with E-state index in [1.165, 1.54) is 11.1 Å². The second-order valence-electron chi connectivity index (χ2n) is 5.33. The molecule has 1 unspecified atom stereocenters. The number of rotatable bonds is 5. The highest BCUT2D eigenvalue weighted by molar-refractivity contribution is 5.75. The molecule has 20 heavy (non-hydrogen) atoms. The van der Waals surface area contributed by atoms with Gasteiger partial charge in [0.2, 0.25) is 5.91 Å². The van der Waals surface area contributed by atoms with E-state index < -0.39 is 0 Å². The molecule has 5 nitrogen and oxygen atoms in total. The van der Waals surface area contributed by atoms with Gasteiger partial charge < -0.3 is 15.2 Å². The number of hydrogen-bond acceptors (Lipinski definition) is 4. The first-order valence-corrected chi connectivity index (χ1v) is 6.86. The van der Waals surface area contributed by atoms with Crippen LogP contribution in [0.3, 0.4) is 0 Å². The minimum absolute atomic E-state index is 0.0241. The molecule has 1 fully saturated rings. The summed E-state index contributed by atoms with van der Waals surface area (Å²) < 4.78 is 11.4. The largest absolute Gasteiger partial charge is 0.491 e. The number of hydrogen-bond donors (Lipinski definition) is 1. The quantitative estimate of drug-likeness (QED) is 0.868. The highest BCUT2D eigenvalue weighted by Crippen LogP contribution is 2.17. The van der Waals surface area contributed by atoms with Crippen LogP contribution in [-0.2, 0) is 9.53 Å².